The zero-order chi connectivity index (χ0) is 21.0. The highest BCUT2D eigenvalue weighted by Gasteiger charge is 2.35. The molecule has 0 atom stereocenters. The molecular formula is C20H20N2O6S. The second kappa shape index (κ2) is 6.57. The van der Waals surface area contributed by atoms with Crippen LogP contribution in [0.25, 0.3) is 0 Å². The van der Waals surface area contributed by atoms with Gasteiger partial charge in [0, 0.05) is 7.05 Å². The van der Waals surface area contributed by atoms with Crippen LogP contribution < -0.4 is 14.2 Å². The van der Waals surface area contributed by atoms with E-state index in [1.54, 1.807) is 32.0 Å². The molecule has 0 saturated carbocycles. The number of nitrogens with one attached hydrogen (secondary N) is 1. The van der Waals surface area contributed by atoms with Crippen LogP contribution in [0.2, 0.25) is 0 Å². The summed E-state index contributed by atoms with van der Waals surface area (Å²) in [5.74, 6) is 0.210. The number of nitrogens with zero attached hydrogens (tertiary/aromatic N) is 1. The Kier molecular flexibility index (Phi) is 4.39. The zero-order valence-corrected chi connectivity index (χ0v) is 17.0. The molecule has 8 nitrogen and oxygen atoms in total. The van der Waals surface area contributed by atoms with E-state index in [4.69, 9.17) is 9.47 Å². The predicted molar refractivity (Wildman–Crippen MR) is 104 cm³/mol. The van der Waals surface area contributed by atoms with Gasteiger partial charge < -0.3 is 9.47 Å². The number of benzene rings is 2. The Morgan fingerprint density at radius 2 is 1.59 bits per heavy atom. The van der Waals surface area contributed by atoms with Crippen molar-refractivity contribution in [3.8, 4) is 11.5 Å². The van der Waals surface area contributed by atoms with Gasteiger partial charge in [-0.05, 0) is 49.7 Å². The summed E-state index contributed by atoms with van der Waals surface area (Å²) in [6.45, 7) is 4.35. The highest BCUT2D eigenvalue weighted by molar-refractivity contribution is 7.89. The third-order valence-electron chi connectivity index (χ3n) is 5.02. The van der Waals surface area contributed by atoms with Crippen LogP contribution in [0.15, 0.2) is 41.3 Å². The van der Waals surface area contributed by atoms with E-state index in [-0.39, 0.29) is 16.0 Å². The van der Waals surface area contributed by atoms with Gasteiger partial charge in [0.15, 0.2) is 11.5 Å². The van der Waals surface area contributed by atoms with Crippen LogP contribution in [0, 0.1) is 0 Å². The number of rotatable bonds is 4. The SMILES string of the molecule is CN1C(=O)c2ccc(S(=O)(=O)NC(C)(C)c3ccc4c(c3)OCCO4)cc2C1=O. The summed E-state index contributed by atoms with van der Waals surface area (Å²) in [6.07, 6.45) is 0. The lowest BCUT2D eigenvalue weighted by Gasteiger charge is -2.28. The molecule has 0 spiro atoms. The predicted octanol–water partition coefficient (Wildman–Crippen LogP) is 1.90. The third-order valence-corrected chi connectivity index (χ3v) is 6.68. The van der Waals surface area contributed by atoms with Gasteiger partial charge >= 0.3 is 0 Å². The molecule has 0 aromatic heterocycles. The molecule has 2 aliphatic rings. The van der Waals surface area contributed by atoms with Crippen LogP contribution in [-0.2, 0) is 15.6 Å². The fourth-order valence-electron chi connectivity index (χ4n) is 3.39. The first-order valence-electron chi connectivity index (χ1n) is 9.01. The molecule has 2 aromatic rings. The van der Waals surface area contributed by atoms with E-state index in [2.05, 4.69) is 4.72 Å². The highest BCUT2D eigenvalue weighted by Crippen LogP contribution is 2.35. The molecular weight excluding hydrogens is 396 g/mol. The molecule has 0 radical (unpaired) electrons. The van der Waals surface area contributed by atoms with Crippen LogP contribution in [0.5, 0.6) is 11.5 Å². The fourth-order valence-corrected chi connectivity index (χ4v) is 4.82. The molecule has 29 heavy (non-hydrogen) atoms. The molecule has 2 heterocycles. The molecule has 0 fully saturated rings. The van der Waals surface area contributed by atoms with Crippen LogP contribution in [0.4, 0.5) is 0 Å². The minimum atomic E-state index is -3.97. The van der Waals surface area contributed by atoms with Crippen molar-refractivity contribution in [3.05, 3.63) is 53.1 Å². The number of amides is 2. The molecule has 0 bridgehead atoms. The van der Waals surface area contributed by atoms with Crippen LogP contribution >= 0.6 is 0 Å². The van der Waals surface area contributed by atoms with Gasteiger partial charge in [-0.1, -0.05) is 6.07 Å². The van der Waals surface area contributed by atoms with E-state index >= 15 is 0 Å². The molecule has 152 valence electrons. The van der Waals surface area contributed by atoms with Crippen LogP contribution in [0.3, 0.4) is 0 Å². The summed E-state index contributed by atoms with van der Waals surface area (Å²) in [5, 5.41) is 0. The normalized spacial score (nSPS) is 16.2. The Morgan fingerprint density at radius 1 is 0.931 bits per heavy atom. The molecule has 0 aliphatic carbocycles. The van der Waals surface area contributed by atoms with Crippen molar-refractivity contribution in [3.63, 3.8) is 0 Å². The highest BCUT2D eigenvalue weighted by atomic mass is 32.2. The van der Waals surface area contributed by atoms with Gasteiger partial charge in [0.2, 0.25) is 10.0 Å². The van der Waals surface area contributed by atoms with Crippen LogP contribution in [-0.4, -0.2) is 45.4 Å². The number of imide groups is 1. The van der Waals surface area contributed by atoms with Crippen molar-refractivity contribution < 1.29 is 27.5 Å². The topological polar surface area (TPSA) is 102 Å². The monoisotopic (exact) mass is 416 g/mol. The van der Waals surface area contributed by atoms with Crippen molar-refractivity contribution in [2.75, 3.05) is 20.3 Å². The van der Waals surface area contributed by atoms with Gasteiger partial charge in [-0.25, -0.2) is 13.1 Å². The lowest BCUT2D eigenvalue weighted by atomic mass is 9.95. The number of sulfonamides is 1. The standard InChI is InChI=1S/C20H20N2O6S/c1-20(2,12-4-7-16-17(10-12)28-9-8-27-16)21-29(25,26)13-5-6-14-15(11-13)19(24)22(3)18(14)23/h4-7,10-11,21H,8-9H2,1-3H3. The third kappa shape index (κ3) is 3.26. The Morgan fingerprint density at radius 3 is 2.31 bits per heavy atom. The Balaban J connectivity index is 1.65. The van der Waals surface area contributed by atoms with Gasteiger partial charge in [0.05, 0.1) is 21.6 Å². The van der Waals surface area contributed by atoms with E-state index in [1.165, 1.54) is 25.2 Å². The van der Waals surface area contributed by atoms with Crippen molar-refractivity contribution in [1.29, 1.82) is 0 Å². The second-order valence-electron chi connectivity index (χ2n) is 7.47. The quantitative estimate of drug-likeness (QED) is 0.764. The molecule has 1 N–H and O–H groups in total. The fraction of sp³-hybridized carbons (Fsp3) is 0.300. The van der Waals surface area contributed by atoms with Crippen molar-refractivity contribution in [2.24, 2.45) is 0 Å². The molecule has 9 heteroatoms. The largest absolute Gasteiger partial charge is 0.486 e. The first-order chi connectivity index (χ1) is 13.6. The summed E-state index contributed by atoms with van der Waals surface area (Å²) in [4.78, 5) is 25.1. The first-order valence-corrected chi connectivity index (χ1v) is 10.5. The number of hydrogen-bond donors (Lipinski definition) is 1. The molecule has 4 rings (SSSR count). The van der Waals surface area contributed by atoms with E-state index in [0.717, 1.165) is 4.90 Å². The summed E-state index contributed by atoms with van der Waals surface area (Å²) >= 11 is 0. The minimum Gasteiger partial charge on any atom is -0.486 e. The Hall–Kier alpha value is -2.91. The number of fused-ring (bicyclic) bond motifs is 2. The number of ether oxygens (including phenoxy) is 2. The zero-order valence-electron chi connectivity index (χ0n) is 16.2. The molecule has 0 saturated heterocycles. The van der Waals surface area contributed by atoms with E-state index in [9.17, 15) is 18.0 Å². The maximum atomic E-state index is 13.0. The second-order valence-corrected chi connectivity index (χ2v) is 9.15. The first kappa shape index (κ1) is 19.4. The molecule has 0 unspecified atom stereocenters. The number of carbonyl (C=O) groups is 2. The lowest BCUT2D eigenvalue weighted by molar-refractivity contribution is 0.0693. The van der Waals surface area contributed by atoms with E-state index < -0.39 is 27.4 Å². The smallest absolute Gasteiger partial charge is 0.261 e. The maximum Gasteiger partial charge on any atom is 0.261 e. The maximum absolute atomic E-state index is 13.0. The Bertz CT molecular complexity index is 1140. The van der Waals surface area contributed by atoms with Crippen molar-refractivity contribution >= 4 is 21.8 Å². The summed E-state index contributed by atoms with van der Waals surface area (Å²) in [7, 11) is -2.61. The van der Waals surface area contributed by atoms with E-state index in [1.807, 2.05) is 0 Å². The van der Waals surface area contributed by atoms with Gasteiger partial charge in [0.1, 0.15) is 13.2 Å². The van der Waals surface area contributed by atoms with Gasteiger partial charge in [-0.3, -0.25) is 14.5 Å². The average molecular weight is 416 g/mol. The summed E-state index contributed by atoms with van der Waals surface area (Å²) < 4.78 is 39.8. The van der Waals surface area contributed by atoms with Crippen molar-refractivity contribution in [2.45, 2.75) is 24.3 Å². The molecule has 2 amide bonds. The number of carbonyl (C=O) groups excluding carboxylic acids is 2. The summed E-state index contributed by atoms with van der Waals surface area (Å²) in [6, 6.07) is 9.19. The Labute approximate surface area is 168 Å². The molecule has 2 aromatic carbocycles. The van der Waals surface area contributed by atoms with Crippen molar-refractivity contribution in [1.82, 2.24) is 9.62 Å². The number of hydrogen-bond acceptors (Lipinski definition) is 6. The van der Waals surface area contributed by atoms with Crippen LogP contribution in [0.1, 0.15) is 40.1 Å². The van der Waals surface area contributed by atoms with E-state index in [0.29, 0.717) is 30.3 Å². The minimum absolute atomic E-state index is 0.0810. The average Bonchev–Trinajstić information content (AvgIpc) is 2.90. The van der Waals surface area contributed by atoms with Gasteiger partial charge in [-0.15, -0.1) is 0 Å². The van der Waals surface area contributed by atoms with Gasteiger partial charge in [-0.2, -0.15) is 0 Å². The summed E-state index contributed by atoms with van der Waals surface area (Å²) in [5.41, 5.74) is 0.00198. The van der Waals surface area contributed by atoms with Gasteiger partial charge in [0.25, 0.3) is 11.8 Å². The lowest BCUT2D eigenvalue weighted by Crippen LogP contribution is -2.41. The molecule has 2 aliphatic heterocycles.